The predicted octanol–water partition coefficient (Wildman–Crippen LogP) is 3.24. The molecule has 0 amide bonds. The molecule has 0 bridgehead atoms. The van der Waals surface area contributed by atoms with Crippen molar-refractivity contribution in [1.82, 2.24) is 0 Å². The van der Waals surface area contributed by atoms with Crippen molar-refractivity contribution < 1.29 is 23.6 Å². The van der Waals surface area contributed by atoms with Crippen LogP contribution in [-0.2, 0) is 22.5 Å². The maximum atomic E-state index is 13.1. The van der Waals surface area contributed by atoms with Crippen molar-refractivity contribution in [3.05, 3.63) is 88.3 Å². The van der Waals surface area contributed by atoms with Crippen LogP contribution in [-0.4, -0.2) is 24.8 Å². The van der Waals surface area contributed by atoms with E-state index < -0.39 is 6.04 Å². The SMILES string of the molecule is CC(C)OC(=O)[C@H](Cc1ccccc1)[NH+]1COc2ccc3c(oc(=O)c4ccccc43)c2C1. The largest absolute Gasteiger partial charge is 0.459 e. The van der Waals surface area contributed by atoms with E-state index in [2.05, 4.69) is 0 Å². The van der Waals surface area contributed by atoms with E-state index in [-0.39, 0.29) is 17.7 Å². The van der Waals surface area contributed by atoms with Crippen LogP contribution in [0.25, 0.3) is 21.7 Å². The highest BCUT2D eigenvalue weighted by Crippen LogP contribution is 2.32. The van der Waals surface area contributed by atoms with Crippen LogP contribution >= 0.6 is 0 Å². The van der Waals surface area contributed by atoms with Gasteiger partial charge in [0.2, 0.25) is 6.73 Å². The molecule has 1 aromatic heterocycles. The van der Waals surface area contributed by atoms with Crippen LogP contribution in [0.2, 0.25) is 0 Å². The molecule has 1 aliphatic rings. The average molecular weight is 445 g/mol. The monoisotopic (exact) mass is 444 g/mol. The highest BCUT2D eigenvalue weighted by Gasteiger charge is 2.36. The third-order valence-corrected chi connectivity index (χ3v) is 6.08. The van der Waals surface area contributed by atoms with Gasteiger partial charge in [0.05, 0.1) is 17.1 Å². The summed E-state index contributed by atoms with van der Waals surface area (Å²) in [6.07, 6.45) is 0.316. The third kappa shape index (κ3) is 4.10. The van der Waals surface area contributed by atoms with Crippen molar-refractivity contribution in [3.8, 4) is 5.75 Å². The zero-order valence-electron chi connectivity index (χ0n) is 18.7. The van der Waals surface area contributed by atoms with Crippen molar-refractivity contribution in [2.45, 2.75) is 39.0 Å². The van der Waals surface area contributed by atoms with E-state index in [4.69, 9.17) is 13.9 Å². The van der Waals surface area contributed by atoms with Gasteiger partial charge in [-0.05, 0) is 43.0 Å². The number of nitrogens with one attached hydrogen (secondary N) is 1. The van der Waals surface area contributed by atoms with Gasteiger partial charge in [-0.1, -0.05) is 48.5 Å². The van der Waals surface area contributed by atoms with Gasteiger partial charge in [0.1, 0.15) is 12.3 Å². The minimum absolute atomic E-state index is 0.210. The van der Waals surface area contributed by atoms with Crippen LogP contribution < -0.4 is 15.3 Å². The van der Waals surface area contributed by atoms with Gasteiger partial charge in [0.25, 0.3) is 0 Å². The van der Waals surface area contributed by atoms with Crippen LogP contribution in [0.1, 0.15) is 25.0 Å². The molecule has 1 N–H and O–H groups in total. The van der Waals surface area contributed by atoms with E-state index in [1.807, 2.05) is 74.5 Å². The summed E-state index contributed by atoms with van der Waals surface area (Å²) < 4.78 is 17.4. The minimum Gasteiger partial charge on any atom is -0.459 e. The summed E-state index contributed by atoms with van der Waals surface area (Å²) in [6.45, 7) is 4.50. The Labute approximate surface area is 191 Å². The van der Waals surface area contributed by atoms with Crippen LogP contribution in [0.5, 0.6) is 5.75 Å². The first kappa shape index (κ1) is 21.2. The van der Waals surface area contributed by atoms with Crippen molar-refractivity contribution in [3.63, 3.8) is 0 Å². The van der Waals surface area contributed by atoms with Gasteiger partial charge < -0.3 is 13.9 Å². The van der Waals surface area contributed by atoms with E-state index in [1.165, 1.54) is 0 Å². The second kappa shape index (κ2) is 8.71. The van der Waals surface area contributed by atoms with Crippen molar-refractivity contribution in [1.29, 1.82) is 0 Å². The van der Waals surface area contributed by atoms with Gasteiger partial charge >= 0.3 is 11.6 Å². The smallest absolute Gasteiger partial charge is 0.365 e. The number of benzene rings is 3. The number of carbonyl (C=O) groups is 1. The molecule has 6 nitrogen and oxygen atoms in total. The fourth-order valence-electron chi connectivity index (χ4n) is 4.52. The Balaban J connectivity index is 1.56. The third-order valence-electron chi connectivity index (χ3n) is 6.08. The molecule has 0 saturated heterocycles. The van der Waals surface area contributed by atoms with Crippen LogP contribution in [0, 0.1) is 0 Å². The van der Waals surface area contributed by atoms with Gasteiger partial charge in [0, 0.05) is 11.8 Å². The summed E-state index contributed by atoms with van der Waals surface area (Å²) >= 11 is 0. The maximum Gasteiger partial charge on any atom is 0.365 e. The second-order valence-electron chi connectivity index (χ2n) is 8.71. The second-order valence-corrected chi connectivity index (χ2v) is 8.71. The Bertz CT molecular complexity index is 1380. The topological polar surface area (TPSA) is 70.2 Å². The van der Waals surface area contributed by atoms with Crippen molar-refractivity contribution in [2.75, 3.05) is 6.73 Å². The highest BCUT2D eigenvalue weighted by molar-refractivity contribution is 6.05. The number of hydrogen-bond donors (Lipinski definition) is 1. The molecule has 4 aromatic rings. The molecule has 2 heterocycles. The number of ether oxygens (including phenoxy) is 2. The summed E-state index contributed by atoms with van der Waals surface area (Å²) in [5.74, 6) is 0.420. The molecule has 0 saturated carbocycles. The molecule has 1 unspecified atom stereocenters. The Morgan fingerprint density at radius 3 is 2.45 bits per heavy atom. The lowest BCUT2D eigenvalue weighted by Gasteiger charge is -2.31. The maximum absolute atomic E-state index is 13.1. The van der Waals surface area contributed by atoms with Gasteiger partial charge in [-0.2, -0.15) is 0 Å². The first-order valence-corrected chi connectivity index (χ1v) is 11.2. The molecule has 168 valence electrons. The number of carbonyl (C=O) groups excluding carboxylic acids is 1. The van der Waals surface area contributed by atoms with E-state index >= 15 is 0 Å². The van der Waals surface area contributed by atoms with E-state index in [0.717, 1.165) is 26.8 Å². The normalized spacial score (nSPS) is 16.4. The van der Waals surface area contributed by atoms with Crippen LogP contribution in [0.15, 0.2) is 75.9 Å². The molecule has 0 aliphatic carbocycles. The number of esters is 1. The van der Waals surface area contributed by atoms with E-state index in [0.29, 0.717) is 36.4 Å². The lowest BCUT2D eigenvalue weighted by atomic mass is 10.0. The molecule has 3 aromatic carbocycles. The number of hydrogen-bond acceptors (Lipinski definition) is 5. The first-order chi connectivity index (χ1) is 16.0. The molecule has 6 heteroatoms. The number of rotatable bonds is 5. The quantitative estimate of drug-likeness (QED) is 0.291. The Kier molecular flexibility index (Phi) is 5.60. The molecule has 5 rings (SSSR count). The number of fused-ring (bicyclic) bond motifs is 5. The molecular formula is C27H26NO5+. The zero-order chi connectivity index (χ0) is 22.9. The summed E-state index contributed by atoms with van der Waals surface area (Å²) in [4.78, 5) is 26.7. The van der Waals surface area contributed by atoms with Crippen LogP contribution in [0.4, 0.5) is 0 Å². The lowest BCUT2D eigenvalue weighted by molar-refractivity contribution is -0.948. The Hall–Kier alpha value is -3.64. The predicted molar refractivity (Wildman–Crippen MR) is 125 cm³/mol. The highest BCUT2D eigenvalue weighted by atomic mass is 16.5. The average Bonchev–Trinajstić information content (AvgIpc) is 2.82. The molecule has 2 atom stereocenters. The standard InChI is InChI=1S/C27H25NO5/c1-17(2)32-27(30)23(14-18-8-4-3-5-9-18)28-15-22-24(31-16-28)13-12-20-19-10-6-7-11-21(19)26(29)33-25(20)22/h3-13,17,23H,14-16H2,1-2H3/p+1/t23-/m0/s1. The van der Waals surface area contributed by atoms with Gasteiger partial charge in [-0.25, -0.2) is 9.59 Å². The van der Waals surface area contributed by atoms with Crippen LogP contribution in [0.3, 0.4) is 0 Å². The lowest BCUT2D eigenvalue weighted by Crippen LogP contribution is -3.17. The summed E-state index contributed by atoms with van der Waals surface area (Å²) in [6, 6.07) is 20.7. The Morgan fingerprint density at radius 2 is 1.70 bits per heavy atom. The minimum atomic E-state index is -0.453. The number of quaternary nitrogens is 1. The van der Waals surface area contributed by atoms with Crippen molar-refractivity contribution >= 4 is 27.7 Å². The van der Waals surface area contributed by atoms with E-state index in [1.54, 1.807) is 6.07 Å². The summed E-state index contributed by atoms with van der Waals surface area (Å²) in [5.41, 5.74) is 1.99. The van der Waals surface area contributed by atoms with E-state index in [9.17, 15) is 9.59 Å². The molecule has 0 spiro atoms. The molecule has 0 radical (unpaired) electrons. The summed E-state index contributed by atoms with van der Waals surface area (Å²) in [7, 11) is 0. The van der Waals surface area contributed by atoms with Crippen molar-refractivity contribution in [2.24, 2.45) is 0 Å². The molecular weight excluding hydrogens is 418 g/mol. The first-order valence-electron chi connectivity index (χ1n) is 11.2. The zero-order valence-corrected chi connectivity index (χ0v) is 18.7. The fourth-order valence-corrected chi connectivity index (χ4v) is 4.52. The van der Waals surface area contributed by atoms with Gasteiger partial charge in [-0.15, -0.1) is 0 Å². The van der Waals surface area contributed by atoms with Gasteiger partial charge in [-0.3, -0.25) is 4.90 Å². The van der Waals surface area contributed by atoms with Gasteiger partial charge in [0.15, 0.2) is 11.6 Å². The molecule has 0 fully saturated rings. The molecule has 33 heavy (non-hydrogen) atoms. The summed E-state index contributed by atoms with van der Waals surface area (Å²) in [5, 5.41) is 2.25. The Morgan fingerprint density at radius 1 is 0.970 bits per heavy atom. The fraction of sp³-hybridized carbons (Fsp3) is 0.259. The molecule has 1 aliphatic heterocycles.